The van der Waals surface area contributed by atoms with Crippen LogP contribution in [0.15, 0.2) is 23.8 Å². The van der Waals surface area contributed by atoms with E-state index in [1.807, 2.05) is 22.9 Å². The van der Waals surface area contributed by atoms with Gasteiger partial charge in [-0.1, -0.05) is 0 Å². The van der Waals surface area contributed by atoms with E-state index < -0.39 is 0 Å². The van der Waals surface area contributed by atoms with Gasteiger partial charge in [0, 0.05) is 43.0 Å². The van der Waals surface area contributed by atoms with Crippen molar-refractivity contribution in [3.63, 3.8) is 0 Å². The van der Waals surface area contributed by atoms with Gasteiger partial charge in [0.15, 0.2) is 0 Å². The number of ether oxygens (including phenoxy) is 2. The van der Waals surface area contributed by atoms with Crippen LogP contribution in [0.2, 0.25) is 0 Å². The molecule has 3 aromatic rings. The molecule has 0 aromatic carbocycles. The van der Waals surface area contributed by atoms with Gasteiger partial charge in [0.1, 0.15) is 11.4 Å². The van der Waals surface area contributed by atoms with Crippen molar-refractivity contribution in [1.82, 2.24) is 13.8 Å². The smallest absolute Gasteiger partial charge is 0.261 e. The van der Waals surface area contributed by atoms with E-state index in [2.05, 4.69) is 9.69 Å². The third-order valence-corrected chi connectivity index (χ3v) is 5.40. The van der Waals surface area contributed by atoms with Gasteiger partial charge < -0.3 is 19.2 Å². The second-order valence-electron chi connectivity index (χ2n) is 6.34. The molecule has 8 heteroatoms. The average Bonchev–Trinajstić information content (AvgIpc) is 3.27. The first-order chi connectivity index (χ1) is 12.7. The highest BCUT2D eigenvalue weighted by atomic mass is 32.1. The van der Waals surface area contributed by atoms with Crippen molar-refractivity contribution in [2.45, 2.75) is 25.7 Å². The Morgan fingerprint density at radius 2 is 2.19 bits per heavy atom. The normalized spacial score (nSPS) is 15.3. The van der Waals surface area contributed by atoms with Gasteiger partial charge in [-0.2, -0.15) is 4.37 Å². The molecule has 136 valence electrons. The highest BCUT2D eigenvalue weighted by Gasteiger charge is 2.21. The zero-order valence-electron chi connectivity index (χ0n) is 14.7. The topological polar surface area (TPSA) is 77.8 Å². The molecular weight excluding hydrogens is 352 g/mol. The summed E-state index contributed by atoms with van der Waals surface area (Å²) in [6, 6.07) is 1.80. The summed E-state index contributed by atoms with van der Waals surface area (Å²) < 4.78 is 16.9. The lowest BCUT2D eigenvalue weighted by Crippen LogP contribution is -2.14. The Bertz CT molecular complexity index is 943. The number of amides is 1. The quantitative estimate of drug-likeness (QED) is 0.761. The lowest BCUT2D eigenvalue weighted by molar-refractivity contribution is 0.0846. The average molecular weight is 372 g/mol. The lowest BCUT2D eigenvalue weighted by Gasteiger charge is -2.19. The molecule has 0 saturated carbocycles. The minimum absolute atomic E-state index is 0.228. The Kier molecular flexibility index (Phi) is 4.60. The summed E-state index contributed by atoms with van der Waals surface area (Å²) in [7, 11) is 1.56. The Labute approximate surface area is 155 Å². The van der Waals surface area contributed by atoms with Crippen LogP contribution in [0, 0.1) is 6.92 Å². The number of pyridine rings is 1. The van der Waals surface area contributed by atoms with Crippen molar-refractivity contribution in [2.75, 3.05) is 25.6 Å². The van der Waals surface area contributed by atoms with E-state index in [0.717, 1.165) is 48.8 Å². The zero-order chi connectivity index (χ0) is 18.1. The Morgan fingerprint density at radius 1 is 1.38 bits per heavy atom. The largest absolute Gasteiger partial charge is 0.496 e. The minimum atomic E-state index is -0.228. The summed E-state index contributed by atoms with van der Waals surface area (Å²) in [6.45, 7) is 3.40. The molecule has 4 heterocycles. The molecular formula is C18H20N4O3S. The number of carbonyl (C=O) groups excluding carboxylic acids is 1. The number of methoxy groups -OCH3 is 1. The molecule has 3 aromatic heterocycles. The van der Waals surface area contributed by atoms with E-state index >= 15 is 0 Å². The van der Waals surface area contributed by atoms with Crippen LogP contribution < -0.4 is 10.1 Å². The van der Waals surface area contributed by atoms with Crippen molar-refractivity contribution < 1.29 is 14.3 Å². The summed E-state index contributed by atoms with van der Waals surface area (Å²) in [6.07, 6.45) is 5.71. The molecule has 1 fully saturated rings. The van der Waals surface area contributed by atoms with Gasteiger partial charge in [-0.3, -0.25) is 4.79 Å². The van der Waals surface area contributed by atoms with Crippen LogP contribution in [0.25, 0.3) is 5.65 Å². The Hall–Kier alpha value is -2.45. The molecule has 4 rings (SSSR count). The van der Waals surface area contributed by atoms with Gasteiger partial charge in [-0.15, -0.1) is 0 Å². The van der Waals surface area contributed by atoms with Crippen LogP contribution in [0.3, 0.4) is 0 Å². The fourth-order valence-electron chi connectivity index (χ4n) is 3.17. The third-order valence-electron chi connectivity index (χ3n) is 4.68. The number of nitrogens with one attached hydrogen (secondary N) is 1. The molecule has 1 aliphatic rings. The summed E-state index contributed by atoms with van der Waals surface area (Å²) in [4.78, 5) is 17.5. The van der Waals surface area contributed by atoms with Crippen LogP contribution in [-0.2, 0) is 4.74 Å². The monoisotopic (exact) mass is 372 g/mol. The lowest BCUT2D eigenvalue weighted by atomic mass is 9.97. The number of nitrogens with zero attached hydrogens (tertiary/aromatic N) is 3. The zero-order valence-corrected chi connectivity index (χ0v) is 15.5. The second kappa shape index (κ2) is 7.05. The van der Waals surface area contributed by atoms with Crippen LogP contribution in [0.1, 0.15) is 40.5 Å². The second-order valence-corrected chi connectivity index (χ2v) is 6.97. The summed E-state index contributed by atoms with van der Waals surface area (Å²) in [5.41, 5.74) is 3.78. The van der Waals surface area contributed by atoms with Crippen molar-refractivity contribution in [3.05, 3.63) is 40.8 Å². The third kappa shape index (κ3) is 3.17. The molecule has 1 amide bonds. The minimum Gasteiger partial charge on any atom is -0.496 e. The van der Waals surface area contributed by atoms with Crippen LogP contribution in [0.4, 0.5) is 5.69 Å². The molecule has 0 atom stereocenters. The van der Waals surface area contributed by atoms with Crippen molar-refractivity contribution >= 4 is 28.8 Å². The number of imidazole rings is 1. The first-order valence-electron chi connectivity index (χ1n) is 8.52. The number of aromatic nitrogens is 3. The van der Waals surface area contributed by atoms with Gasteiger partial charge in [0.05, 0.1) is 29.7 Å². The highest BCUT2D eigenvalue weighted by Crippen LogP contribution is 2.29. The summed E-state index contributed by atoms with van der Waals surface area (Å²) >= 11 is 1.31. The number of hydrogen-bond acceptors (Lipinski definition) is 6. The fourth-order valence-corrected chi connectivity index (χ4v) is 3.81. The number of hydrogen-bond donors (Lipinski definition) is 1. The maximum Gasteiger partial charge on any atom is 0.261 e. The summed E-state index contributed by atoms with van der Waals surface area (Å²) in [5.74, 6) is 0.666. The molecule has 0 bridgehead atoms. The molecule has 0 radical (unpaired) electrons. The number of carbonyl (C=O) groups is 1. The predicted molar refractivity (Wildman–Crippen MR) is 99.3 cm³/mol. The van der Waals surface area contributed by atoms with Crippen LogP contribution in [0.5, 0.6) is 5.75 Å². The first-order valence-corrected chi connectivity index (χ1v) is 9.36. The van der Waals surface area contributed by atoms with Gasteiger partial charge in [0.2, 0.25) is 0 Å². The molecule has 0 spiro atoms. The van der Waals surface area contributed by atoms with Crippen molar-refractivity contribution in [1.29, 1.82) is 0 Å². The summed E-state index contributed by atoms with van der Waals surface area (Å²) in [5, 5.41) is 4.71. The Balaban J connectivity index is 1.67. The molecule has 7 nitrogen and oxygen atoms in total. The van der Waals surface area contributed by atoms with E-state index in [0.29, 0.717) is 17.2 Å². The van der Waals surface area contributed by atoms with E-state index in [-0.39, 0.29) is 5.91 Å². The van der Waals surface area contributed by atoms with Gasteiger partial charge in [-0.05, 0) is 31.3 Å². The number of anilines is 1. The Morgan fingerprint density at radius 3 is 2.88 bits per heavy atom. The van der Waals surface area contributed by atoms with Crippen molar-refractivity contribution in [2.24, 2.45) is 0 Å². The predicted octanol–water partition coefficient (Wildman–Crippen LogP) is 3.25. The number of rotatable bonds is 4. The molecule has 0 unspecified atom stereocenters. The van der Waals surface area contributed by atoms with Crippen LogP contribution >= 0.6 is 11.5 Å². The molecule has 1 N–H and O–H groups in total. The molecule has 1 saturated heterocycles. The molecule has 0 aliphatic carbocycles. The number of fused-ring (bicyclic) bond motifs is 1. The maximum absolute atomic E-state index is 12.7. The van der Waals surface area contributed by atoms with Crippen LogP contribution in [-0.4, -0.2) is 40.0 Å². The first kappa shape index (κ1) is 17.0. The van der Waals surface area contributed by atoms with E-state index in [9.17, 15) is 4.79 Å². The SMILES string of the molecule is COc1cc2nc(C3CCOCC3)cn2cc1C(=O)Nc1csnc1C. The highest BCUT2D eigenvalue weighted by molar-refractivity contribution is 7.04. The van der Waals surface area contributed by atoms with Crippen molar-refractivity contribution in [3.8, 4) is 5.75 Å². The maximum atomic E-state index is 12.7. The molecule has 26 heavy (non-hydrogen) atoms. The van der Waals surface area contributed by atoms with Gasteiger partial charge in [-0.25, -0.2) is 4.98 Å². The fraction of sp³-hybridized carbons (Fsp3) is 0.389. The van der Waals surface area contributed by atoms with Gasteiger partial charge in [0.25, 0.3) is 5.91 Å². The van der Waals surface area contributed by atoms with Gasteiger partial charge >= 0.3 is 0 Å². The van der Waals surface area contributed by atoms with E-state index in [4.69, 9.17) is 14.5 Å². The number of aryl methyl sites for hydroxylation is 1. The standard InChI is InChI=1S/C18H20N4O3S/c1-11-15(10-26-21-11)20-18(23)13-8-22-9-14(12-3-5-25-6-4-12)19-17(22)7-16(13)24-2/h7-10,12H,3-6H2,1-2H3,(H,20,23). The van der Waals surface area contributed by atoms with E-state index in [1.165, 1.54) is 11.5 Å². The van der Waals surface area contributed by atoms with E-state index in [1.54, 1.807) is 19.4 Å². The molecule has 1 aliphatic heterocycles.